The number of carbonyl (C=O) groups excluding carboxylic acids is 1. The molecule has 0 saturated carbocycles. The summed E-state index contributed by atoms with van der Waals surface area (Å²) in [7, 11) is 3.13. The Morgan fingerprint density at radius 3 is 2.71 bits per heavy atom. The van der Waals surface area contributed by atoms with Gasteiger partial charge in [-0.3, -0.25) is 4.79 Å². The molecule has 6 heteroatoms. The van der Waals surface area contributed by atoms with Crippen LogP contribution in [0.5, 0.6) is 10.9 Å². The summed E-state index contributed by atoms with van der Waals surface area (Å²) in [4.78, 5) is 15.3. The van der Waals surface area contributed by atoms with E-state index in [1.807, 2.05) is 6.07 Å². The SMILES string of the molecule is COc1nc2cc(NC(C)=O)c(OC)cc2s1. The van der Waals surface area contributed by atoms with Gasteiger partial charge in [-0.25, -0.2) is 4.98 Å². The van der Waals surface area contributed by atoms with Gasteiger partial charge in [0, 0.05) is 13.0 Å². The Morgan fingerprint density at radius 1 is 1.35 bits per heavy atom. The maximum Gasteiger partial charge on any atom is 0.274 e. The molecule has 1 N–H and O–H groups in total. The molecule has 0 unspecified atom stereocenters. The predicted molar refractivity (Wildman–Crippen MR) is 67.0 cm³/mol. The Morgan fingerprint density at radius 2 is 2.12 bits per heavy atom. The minimum atomic E-state index is -0.148. The van der Waals surface area contributed by atoms with E-state index in [0.717, 1.165) is 10.2 Å². The van der Waals surface area contributed by atoms with Crippen molar-refractivity contribution < 1.29 is 14.3 Å². The molecular weight excluding hydrogens is 240 g/mol. The minimum Gasteiger partial charge on any atom is -0.495 e. The summed E-state index contributed by atoms with van der Waals surface area (Å²) >= 11 is 1.43. The molecule has 0 aliphatic carbocycles. The van der Waals surface area contributed by atoms with Gasteiger partial charge < -0.3 is 14.8 Å². The van der Waals surface area contributed by atoms with Gasteiger partial charge in [0.2, 0.25) is 5.91 Å². The second-order valence-electron chi connectivity index (χ2n) is 3.39. The molecule has 5 nitrogen and oxygen atoms in total. The van der Waals surface area contributed by atoms with E-state index < -0.39 is 0 Å². The average Bonchev–Trinajstić information content (AvgIpc) is 2.69. The molecule has 17 heavy (non-hydrogen) atoms. The van der Waals surface area contributed by atoms with E-state index in [0.29, 0.717) is 16.6 Å². The van der Waals surface area contributed by atoms with Gasteiger partial charge in [-0.2, -0.15) is 0 Å². The van der Waals surface area contributed by atoms with Crippen molar-refractivity contribution in [2.45, 2.75) is 6.92 Å². The number of benzene rings is 1. The largest absolute Gasteiger partial charge is 0.495 e. The van der Waals surface area contributed by atoms with Crippen molar-refractivity contribution in [1.82, 2.24) is 4.98 Å². The first-order chi connectivity index (χ1) is 8.13. The number of hydrogen-bond acceptors (Lipinski definition) is 5. The van der Waals surface area contributed by atoms with E-state index in [1.165, 1.54) is 18.3 Å². The summed E-state index contributed by atoms with van der Waals surface area (Å²) in [6, 6.07) is 3.61. The average molecular weight is 252 g/mol. The first-order valence-electron chi connectivity index (χ1n) is 4.94. The van der Waals surface area contributed by atoms with Crippen molar-refractivity contribution in [1.29, 1.82) is 0 Å². The van der Waals surface area contributed by atoms with Crippen molar-refractivity contribution >= 4 is 33.1 Å². The van der Waals surface area contributed by atoms with Gasteiger partial charge in [0.15, 0.2) is 0 Å². The third-order valence-electron chi connectivity index (χ3n) is 2.18. The second kappa shape index (κ2) is 4.58. The number of hydrogen-bond donors (Lipinski definition) is 1. The zero-order valence-electron chi connectivity index (χ0n) is 9.73. The highest BCUT2D eigenvalue weighted by atomic mass is 32.1. The fourth-order valence-electron chi connectivity index (χ4n) is 1.48. The lowest BCUT2D eigenvalue weighted by atomic mass is 10.2. The lowest BCUT2D eigenvalue weighted by Crippen LogP contribution is -2.06. The normalized spacial score (nSPS) is 10.3. The van der Waals surface area contributed by atoms with Crippen LogP contribution in [0.1, 0.15) is 6.92 Å². The Balaban J connectivity index is 2.54. The zero-order chi connectivity index (χ0) is 12.4. The van der Waals surface area contributed by atoms with Crippen LogP contribution in [0.25, 0.3) is 10.2 Å². The summed E-state index contributed by atoms with van der Waals surface area (Å²) in [5.41, 5.74) is 1.39. The summed E-state index contributed by atoms with van der Waals surface area (Å²) in [5, 5.41) is 3.29. The Labute approximate surface area is 102 Å². The van der Waals surface area contributed by atoms with Crippen molar-refractivity contribution in [3.8, 4) is 10.9 Å². The minimum absolute atomic E-state index is 0.148. The molecule has 1 aromatic carbocycles. The van der Waals surface area contributed by atoms with Crippen LogP contribution < -0.4 is 14.8 Å². The zero-order valence-corrected chi connectivity index (χ0v) is 10.6. The van der Waals surface area contributed by atoms with E-state index >= 15 is 0 Å². The molecule has 1 amide bonds. The molecule has 2 rings (SSSR count). The van der Waals surface area contributed by atoms with Crippen LogP contribution in [0, 0.1) is 0 Å². The summed E-state index contributed by atoms with van der Waals surface area (Å²) in [5.74, 6) is 0.462. The van der Waals surface area contributed by atoms with Crippen molar-refractivity contribution in [3.05, 3.63) is 12.1 Å². The van der Waals surface area contributed by atoms with Crippen LogP contribution in [0.4, 0.5) is 5.69 Å². The number of thiazole rings is 1. The van der Waals surface area contributed by atoms with Crippen molar-refractivity contribution in [2.75, 3.05) is 19.5 Å². The number of ether oxygens (including phenoxy) is 2. The standard InChI is InChI=1S/C11H12N2O3S/c1-6(14)12-7-4-8-10(5-9(7)15-2)17-11(13-8)16-3/h4-5H,1-3H3,(H,12,14). The lowest BCUT2D eigenvalue weighted by Gasteiger charge is -2.08. The molecule has 0 fully saturated rings. The number of nitrogens with zero attached hydrogens (tertiary/aromatic N) is 1. The first kappa shape index (κ1) is 11.7. The maximum absolute atomic E-state index is 11.1. The summed E-state index contributed by atoms with van der Waals surface area (Å²) < 4.78 is 11.2. The van der Waals surface area contributed by atoms with Crippen LogP contribution in [0.3, 0.4) is 0 Å². The number of rotatable bonds is 3. The van der Waals surface area contributed by atoms with Gasteiger partial charge in [-0.15, -0.1) is 0 Å². The smallest absolute Gasteiger partial charge is 0.274 e. The number of carbonyl (C=O) groups is 1. The van der Waals surface area contributed by atoms with Crippen LogP contribution >= 0.6 is 11.3 Å². The molecule has 1 heterocycles. The van der Waals surface area contributed by atoms with Crippen molar-refractivity contribution in [3.63, 3.8) is 0 Å². The van der Waals surface area contributed by atoms with E-state index in [1.54, 1.807) is 20.3 Å². The third kappa shape index (κ3) is 2.31. The molecular formula is C11H12N2O3S. The highest BCUT2D eigenvalue weighted by Gasteiger charge is 2.11. The summed E-state index contributed by atoms with van der Waals surface area (Å²) in [6.07, 6.45) is 0. The Bertz CT molecular complexity index is 565. The first-order valence-corrected chi connectivity index (χ1v) is 5.76. The van der Waals surface area contributed by atoms with Crippen LogP contribution in [0.15, 0.2) is 12.1 Å². The molecule has 0 aliphatic rings. The predicted octanol–water partition coefficient (Wildman–Crippen LogP) is 2.27. The van der Waals surface area contributed by atoms with Gasteiger partial charge >= 0.3 is 0 Å². The number of aromatic nitrogens is 1. The monoisotopic (exact) mass is 252 g/mol. The van der Waals surface area contributed by atoms with E-state index in [-0.39, 0.29) is 5.91 Å². The van der Waals surface area contributed by atoms with Crippen LogP contribution in [-0.2, 0) is 4.79 Å². The molecule has 1 aromatic heterocycles. The van der Waals surface area contributed by atoms with Gasteiger partial charge in [-0.1, -0.05) is 11.3 Å². The third-order valence-corrected chi connectivity index (χ3v) is 3.15. The molecule has 0 atom stereocenters. The highest BCUT2D eigenvalue weighted by Crippen LogP contribution is 2.35. The van der Waals surface area contributed by atoms with Gasteiger partial charge in [0.05, 0.1) is 30.1 Å². The molecule has 0 radical (unpaired) electrons. The molecule has 90 valence electrons. The fraction of sp³-hybridized carbons (Fsp3) is 0.273. The molecule has 0 aliphatic heterocycles. The quantitative estimate of drug-likeness (QED) is 0.910. The maximum atomic E-state index is 11.1. The Hall–Kier alpha value is -1.82. The number of nitrogens with one attached hydrogen (secondary N) is 1. The van der Waals surface area contributed by atoms with Gasteiger partial charge in [0.1, 0.15) is 5.75 Å². The van der Waals surface area contributed by atoms with E-state index in [2.05, 4.69) is 10.3 Å². The molecule has 2 aromatic rings. The molecule has 0 saturated heterocycles. The van der Waals surface area contributed by atoms with Crippen LogP contribution in [0.2, 0.25) is 0 Å². The van der Waals surface area contributed by atoms with Gasteiger partial charge in [-0.05, 0) is 6.07 Å². The molecule has 0 bridgehead atoms. The second-order valence-corrected chi connectivity index (χ2v) is 4.38. The van der Waals surface area contributed by atoms with E-state index in [9.17, 15) is 4.79 Å². The van der Waals surface area contributed by atoms with E-state index in [4.69, 9.17) is 9.47 Å². The van der Waals surface area contributed by atoms with Crippen molar-refractivity contribution in [2.24, 2.45) is 0 Å². The van der Waals surface area contributed by atoms with Crippen LogP contribution in [-0.4, -0.2) is 25.1 Å². The lowest BCUT2D eigenvalue weighted by molar-refractivity contribution is -0.114. The summed E-state index contributed by atoms with van der Waals surface area (Å²) in [6.45, 7) is 1.45. The fourth-order valence-corrected chi connectivity index (χ4v) is 2.27. The van der Waals surface area contributed by atoms with Gasteiger partial charge in [0.25, 0.3) is 5.19 Å². The number of methoxy groups -OCH3 is 2. The Kier molecular flexibility index (Phi) is 3.14. The number of amides is 1. The molecule has 0 spiro atoms. The number of anilines is 1. The highest BCUT2D eigenvalue weighted by molar-refractivity contribution is 7.20. The topological polar surface area (TPSA) is 60.5 Å². The number of fused-ring (bicyclic) bond motifs is 1.